The van der Waals surface area contributed by atoms with Gasteiger partial charge in [0.25, 0.3) is 17.7 Å². The molecular weight excluding hydrogens is 843 g/mol. The first-order valence-corrected chi connectivity index (χ1v) is 22.8. The second-order valence-electron chi connectivity index (χ2n) is 18.3. The van der Waals surface area contributed by atoms with Crippen molar-refractivity contribution in [1.29, 1.82) is 0 Å². The lowest BCUT2D eigenvalue weighted by Crippen LogP contribution is -2.59. The maximum Gasteiger partial charge on any atom is 0.262 e. The molecule has 4 saturated heterocycles. The van der Waals surface area contributed by atoms with Crippen molar-refractivity contribution >= 4 is 63.6 Å². The Hall–Kier alpha value is -7.06. The number of fused-ring (bicyclic) bond motifs is 3. The largest absolute Gasteiger partial charge is 0.371 e. The first-order valence-electron chi connectivity index (χ1n) is 22.8. The zero-order valence-corrected chi connectivity index (χ0v) is 37.1. The number of aromatic amines is 1. The third kappa shape index (κ3) is 7.23. The number of hydrogen-bond donors (Lipinski definition) is 3. The quantitative estimate of drug-likeness (QED) is 0.182. The molecule has 11 rings (SSSR count). The van der Waals surface area contributed by atoms with Crippen LogP contribution >= 0.6 is 0 Å². The van der Waals surface area contributed by atoms with Crippen molar-refractivity contribution in [2.45, 2.75) is 57.7 Å². The van der Waals surface area contributed by atoms with Crippen LogP contribution in [-0.2, 0) is 14.4 Å². The minimum absolute atomic E-state index is 0.0959. The molecule has 0 radical (unpaired) electrons. The Morgan fingerprint density at radius 2 is 1.67 bits per heavy atom. The highest BCUT2D eigenvalue weighted by Crippen LogP contribution is 2.36. The molecule has 3 N–H and O–H groups in total. The van der Waals surface area contributed by atoms with Gasteiger partial charge in [0.05, 0.1) is 28.3 Å². The molecule has 6 aliphatic heterocycles. The van der Waals surface area contributed by atoms with E-state index in [1.54, 1.807) is 16.8 Å². The minimum atomic E-state index is -0.968. The predicted octanol–water partition coefficient (Wildman–Crippen LogP) is 2.66. The van der Waals surface area contributed by atoms with Crippen LogP contribution in [0.15, 0.2) is 66.0 Å². The molecule has 5 aromatic rings. The van der Waals surface area contributed by atoms with Crippen molar-refractivity contribution in [3.63, 3.8) is 0 Å². The predicted molar refractivity (Wildman–Crippen MR) is 244 cm³/mol. The van der Waals surface area contributed by atoms with Crippen molar-refractivity contribution in [2.24, 2.45) is 5.92 Å². The average molecular weight is 894 g/mol. The van der Waals surface area contributed by atoms with Crippen LogP contribution in [0, 0.1) is 5.92 Å². The summed E-state index contributed by atoms with van der Waals surface area (Å²) in [6.45, 7) is 12.5. The van der Waals surface area contributed by atoms with E-state index >= 15 is 0 Å². The number of pyridine rings is 1. The summed E-state index contributed by atoms with van der Waals surface area (Å²) in [4.78, 5) is 81.8. The Balaban J connectivity index is 0.654. The molecule has 20 heteroatoms. The van der Waals surface area contributed by atoms with E-state index < -0.39 is 23.8 Å². The van der Waals surface area contributed by atoms with Crippen molar-refractivity contribution < 1.29 is 24.0 Å². The number of piperidine rings is 2. The van der Waals surface area contributed by atoms with Crippen LogP contribution in [0.3, 0.4) is 0 Å². The number of allylic oxidation sites excluding steroid dienone is 1. The first-order chi connectivity index (χ1) is 32.0. The number of hydrogen-bond acceptors (Lipinski definition) is 15. The summed E-state index contributed by atoms with van der Waals surface area (Å²) in [5, 5.41) is 26.1. The number of piperazine rings is 1. The molecule has 20 nitrogen and oxygen atoms in total. The van der Waals surface area contributed by atoms with Crippen LogP contribution in [0.4, 0.5) is 23.1 Å². The lowest BCUT2D eigenvalue weighted by Gasteiger charge is -2.49. The van der Waals surface area contributed by atoms with Crippen LogP contribution in [0.5, 0.6) is 0 Å². The van der Waals surface area contributed by atoms with Crippen molar-refractivity contribution in [1.82, 2.24) is 55.4 Å². The van der Waals surface area contributed by atoms with Gasteiger partial charge in [0, 0.05) is 113 Å². The molecule has 0 aliphatic carbocycles. The Morgan fingerprint density at radius 3 is 2.45 bits per heavy atom. The fraction of sp³-hybridized carbons (Fsp3) is 0.435. The summed E-state index contributed by atoms with van der Waals surface area (Å²) in [7, 11) is 1.85. The van der Waals surface area contributed by atoms with Crippen LogP contribution < -0.4 is 25.3 Å². The van der Waals surface area contributed by atoms with Gasteiger partial charge in [-0.05, 0) is 98.0 Å². The van der Waals surface area contributed by atoms with E-state index in [0.29, 0.717) is 40.3 Å². The maximum absolute atomic E-state index is 13.7. The number of rotatable bonds is 9. The summed E-state index contributed by atoms with van der Waals surface area (Å²) in [6.07, 6.45) is 4.12. The second kappa shape index (κ2) is 16.4. The molecule has 0 bridgehead atoms. The van der Waals surface area contributed by atoms with Gasteiger partial charge in [-0.1, -0.05) is 5.10 Å². The van der Waals surface area contributed by atoms with Crippen molar-refractivity contribution in [3.8, 4) is 11.3 Å². The Bertz CT molecular complexity index is 2830. The van der Waals surface area contributed by atoms with Gasteiger partial charge in [-0.15, -0.1) is 0 Å². The number of carbonyl (C=O) groups is 5. The topological polar surface area (TPSA) is 214 Å². The lowest BCUT2D eigenvalue weighted by molar-refractivity contribution is -0.136. The molecule has 1 unspecified atom stereocenters. The fourth-order valence-electron chi connectivity index (χ4n) is 10.7. The molecule has 9 heterocycles. The third-order valence-corrected chi connectivity index (χ3v) is 14.5. The number of nitrogens with one attached hydrogen (secondary N) is 3. The average Bonchev–Trinajstić information content (AvgIpc) is 4.04. The highest BCUT2D eigenvalue weighted by atomic mass is 16.2. The van der Waals surface area contributed by atoms with E-state index in [2.05, 4.69) is 62.0 Å². The van der Waals surface area contributed by atoms with E-state index in [-0.39, 0.29) is 30.7 Å². The molecule has 5 amide bonds. The molecular formula is C46H51N15O5. The molecule has 6 aliphatic rings. The zero-order chi connectivity index (χ0) is 45.4. The second-order valence-corrected chi connectivity index (χ2v) is 18.3. The molecule has 340 valence electrons. The van der Waals surface area contributed by atoms with Gasteiger partial charge in [-0.3, -0.25) is 49.1 Å². The number of aromatic nitrogens is 7. The molecule has 4 fully saturated rings. The van der Waals surface area contributed by atoms with Crippen LogP contribution in [0.2, 0.25) is 0 Å². The highest BCUT2D eigenvalue weighted by Gasteiger charge is 2.45. The Morgan fingerprint density at radius 1 is 0.879 bits per heavy atom. The standard InChI is InChI=1S/C46H51N15O5/c1-26-40(27(2)61-46(55(26)3)52-53-54-61)43(64)48-30-4-7-36-35(21-30)41(51-50-36)29-10-13-47-38(20-29)58-18-16-56(17-19-58)23-28-24-59(25-28)31-11-14-57(15-12-31)32-5-6-33-34(22-32)45(66)60(44(33)65)37-8-9-39(62)49-42(37)63/h4-7,10,13,20-22,27-28,31,37H,8-9,11-12,14-19,23-25H2,1-3H3,(H,48,64)(H,50,51)(H,49,62,63)/t27-,37?/m1/s1. The van der Waals surface area contributed by atoms with Crippen LogP contribution in [0.1, 0.15) is 66.3 Å². The lowest BCUT2D eigenvalue weighted by atomic mass is 9.92. The molecule has 2 atom stereocenters. The Kier molecular flexibility index (Phi) is 10.4. The molecule has 66 heavy (non-hydrogen) atoms. The van der Waals surface area contributed by atoms with E-state index in [1.165, 1.54) is 0 Å². The molecule has 3 aromatic heterocycles. The summed E-state index contributed by atoms with van der Waals surface area (Å²) in [5.41, 5.74) is 6.18. The number of likely N-dealkylation sites (tertiary alicyclic amines) is 1. The van der Waals surface area contributed by atoms with E-state index in [1.807, 2.05) is 62.3 Å². The summed E-state index contributed by atoms with van der Waals surface area (Å²) >= 11 is 0. The number of tetrazole rings is 1. The van der Waals surface area contributed by atoms with Gasteiger partial charge < -0.3 is 20.0 Å². The fourth-order valence-corrected chi connectivity index (χ4v) is 10.7. The number of benzene rings is 2. The smallest absolute Gasteiger partial charge is 0.262 e. The van der Waals surface area contributed by atoms with Gasteiger partial charge >= 0.3 is 0 Å². The number of anilines is 4. The summed E-state index contributed by atoms with van der Waals surface area (Å²) in [6, 6.07) is 14.4. The summed E-state index contributed by atoms with van der Waals surface area (Å²) < 4.78 is 1.65. The van der Waals surface area contributed by atoms with Gasteiger partial charge in [-0.25, -0.2) is 9.67 Å². The van der Waals surface area contributed by atoms with Crippen LogP contribution in [0.25, 0.3) is 22.2 Å². The number of carbonyl (C=O) groups excluding carboxylic acids is 5. The SMILES string of the molecule is CC1=C(C(=O)Nc2ccc3[nH]nc(-c4ccnc(N5CCN(CC6CN(C7CCN(c8ccc9c(c8)C(=O)N(C8CCC(=O)NC8=O)C9=O)CC7)C6)CC5)c4)c3c2)[C@@H](C)n2nnnc2N1C. The van der Waals surface area contributed by atoms with Crippen molar-refractivity contribution in [3.05, 3.63) is 77.1 Å². The van der Waals surface area contributed by atoms with E-state index in [4.69, 9.17) is 4.98 Å². The van der Waals surface area contributed by atoms with Crippen molar-refractivity contribution in [2.75, 3.05) is 86.0 Å². The van der Waals surface area contributed by atoms with E-state index in [0.717, 1.165) is 116 Å². The minimum Gasteiger partial charge on any atom is -0.371 e. The molecule has 0 spiro atoms. The maximum atomic E-state index is 13.7. The monoisotopic (exact) mass is 893 g/mol. The van der Waals surface area contributed by atoms with Gasteiger partial charge in [-0.2, -0.15) is 5.10 Å². The zero-order valence-electron chi connectivity index (χ0n) is 37.1. The number of imide groups is 2. The third-order valence-electron chi connectivity index (χ3n) is 14.5. The van der Waals surface area contributed by atoms with Crippen LogP contribution in [-0.4, -0.2) is 158 Å². The first kappa shape index (κ1) is 41.6. The molecule has 2 aromatic carbocycles. The number of nitrogens with zero attached hydrogens (tertiary/aromatic N) is 12. The molecule has 0 saturated carbocycles. The van der Waals surface area contributed by atoms with E-state index in [9.17, 15) is 24.0 Å². The Labute approximate surface area is 379 Å². The highest BCUT2D eigenvalue weighted by molar-refractivity contribution is 6.23. The number of H-pyrrole nitrogens is 1. The number of amides is 5. The summed E-state index contributed by atoms with van der Waals surface area (Å²) in [5.74, 6) is -0.00871. The van der Waals surface area contributed by atoms with Gasteiger partial charge in [0.2, 0.25) is 17.8 Å². The normalized spacial score (nSPS) is 22.3. The van der Waals surface area contributed by atoms with Gasteiger partial charge in [0.15, 0.2) is 0 Å². The van der Waals surface area contributed by atoms with Gasteiger partial charge in [0.1, 0.15) is 17.6 Å².